The summed E-state index contributed by atoms with van der Waals surface area (Å²) < 4.78 is 60.3. The number of rotatable bonds is 0. The van der Waals surface area contributed by atoms with Crippen LogP contribution in [0.15, 0.2) is 0 Å². The van der Waals surface area contributed by atoms with Gasteiger partial charge in [0, 0.05) is 0 Å². The Hall–Kier alpha value is 0.450. The van der Waals surface area contributed by atoms with Crippen LogP contribution in [0.1, 0.15) is 0 Å². The van der Waals surface area contributed by atoms with Crippen LogP contribution in [0.25, 0.3) is 0 Å². The minimum atomic E-state index is -4.95. The minimum absolute atomic E-state index is 0.377. The molecule has 66 valence electrons. The molecular weight excluding hydrogens is 319 g/mol. The van der Waals surface area contributed by atoms with Crippen molar-refractivity contribution >= 4 is 42.9 Å². The first-order valence-electron chi connectivity index (χ1n) is 1.99. The highest BCUT2D eigenvalue weighted by molar-refractivity contribution is 14.1. The summed E-state index contributed by atoms with van der Waals surface area (Å²) in [5.41, 5.74) is 0. The van der Waals surface area contributed by atoms with Crippen molar-refractivity contribution in [2.45, 2.75) is 4.59 Å². The van der Waals surface area contributed by atoms with Gasteiger partial charge >= 0.3 is 24.6 Å². The Labute approximate surface area is 75.0 Å². The molecule has 5 nitrogen and oxygen atoms in total. The summed E-state index contributed by atoms with van der Waals surface area (Å²) in [7, 11) is -9.89. The number of hydrogen-bond acceptors (Lipinski definition) is 4. The molecule has 0 aromatic rings. The lowest BCUT2D eigenvalue weighted by Gasteiger charge is -2.31. The van der Waals surface area contributed by atoms with Gasteiger partial charge in [0.25, 0.3) is 0 Å². The lowest BCUT2D eigenvalue weighted by Crippen LogP contribution is -2.60. The van der Waals surface area contributed by atoms with Crippen LogP contribution in [0.3, 0.4) is 0 Å². The van der Waals surface area contributed by atoms with E-state index in [1.807, 2.05) is 0 Å². The highest BCUT2D eigenvalue weighted by Crippen LogP contribution is 2.47. The van der Waals surface area contributed by atoms with Crippen LogP contribution in [-0.2, 0) is 20.0 Å². The molecule has 0 radical (unpaired) electrons. The zero-order chi connectivity index (χ0) is 9.08. The van der Waals surface area contributed by atoms with Gasteiger partial charge in [-0.15, -0.1) is 0 Å². The Balaban J connectivity index is 3.43. The Bertz CT molecular complexity index is 346. The zero-order valence-corrected chi connectivity index (χ0v) is 8.32. The molecule has 1 rings (SSSR count). The van der Waals surface area contributed by atoms with E-state index < -0.39 is 24.6 Å². The van der Waals surface area contributed by atoms with Gasteiger partial charge in [0.2, 0.25) is 0 Å². The number of sulfonamides is 2. The Morgan fingerprint density at radius 1 is 1.09 bits per heavy atom. The lowest BCUT2D eigenvalue weighted by molar-refractivity contribution is 0.161. The molecule has 0 N–H and O–H groups in total. The molecule has 0 saturated carbocycles. The molecule has 1 heterocycles. The van der Waals surface area contributed by atoms with E-state index in [4.69, 9.17) is 0 Å². The maximum absolute atomic E-state index is 12.1. The summed E-state index contributed by atoms with van der Waals surface area (Å²) in [5.74, 6) is 0. The summed E-state index contributed by atoms with van der Waals surface area (Å²) in [6.07, 6.45) is 0. The van der Waals surface area contributed by atoms with Gasteiger partial charge in [0.1, 0.15) is 0 Å². The monoisotopic (exact) mass is 319 g/mol. The van der Waals surface area contributed by atoms with Crippen LogP contribution in [0.5, 0.6) is 0 Å². The number of halogens is 3. The highest BCUT2D eigenvalue weighted by Gasteiger charge is 2.75. The quantitative estimate of drug-likeness (QED) is 0.460. The Morgan fingerprint density at radius 2 is 1.36 bits per heavy atom. The average Bonchev–Trinajstić information content (AvgIpc) is 1.84. The fraction of sp³-hybridized carbons (Fsp3) is 1.00. The second-order valence-corrected chi connectivity index (χ2v) is 8.05. The Morgan fingerprint density at radius 3 is 1.45 bits per heavy atom. The standard InChI is InChI=1S/CF2INO4S2/c2-1(3)10(6,7)5(4)11(1,8)9. The second kappa shape index (κ2) is 2.03. The van der Waals surface area contributed by atoms with Crippen LogP contribution < -0.4 is 0 Å². The van der Waals surface area contributed by atoms with E-state index in [0.717, 1.165) is 22.9 Å². The normalized spacial score (nSPS) is 32.6. The molecule has 0 atom stereocenters. The van der Waals surface area contributed by atoms with Gasteiger partial charge in [0.15, 0.2) is 0 Å². The molecule has 0 aromatic heterocycles. The molecule has 0 spiro atoms. The van der Waals surface area contributed by atoms with Gasteiger partial charge in [-0.05, 0) is 1.92 Å². The van der Waals surface area contributed by atoms with Crippen molar-refractivity contribution in [3.63, 3.8) is 0 Å². The number of alkyl halides is 2. The molecule has 11 heavy (non-hydrogen) atoms. The highest BCUT2D eigenvalue weighted by atomic mass is 127. The molecule has 1 aliphatic heterocycles. The largest absolute Gasteiger partial charge is 0.476 e. The van der Waals surface area contributed by atoms with Crippen LogP contribution in [-0.4, -0.2) is 23.3 Å². The predicted octanol–water partition coefficient (Wildman–Crippen LogP) is -0.138. The minimum Gasteiger partial charge on any atom is -0.203 e. The van der Waals surface area contributed by atoms with E-state index in [1.165, 1.54) is 0 Å². The molecule has 1 fully saturated rings. The number of hydrogen-bond donors (Lipinski definition) is 0. The van der Waals surface area contributed by atoms with E-state index in [9.17, 15) is 25.6 Å². The van der Waals surface area contributed by atoms with Gasteiger partial charge in [0.05, 0.1) is 22.9 Å². The third-order valence-corrected chi connectivity index (χ3v) is 8.49. The van der Waals surface area contributed by atoms with Crippen molar-refractivity contribution in [2.75, 3.05) is 0 Å². The molecular formula is CF2INO4S2. The average molecular weight is 319 g/mol. The molecule has 0 bridgehead atoms. The first kappa shape index (κ1) is 9.54. The second-order valence-electron chi connectivity index (χ2n) is 1.63. The van der Waals surface area contributed by atoms with Gasteiger partial charge in [-0.25, -0.2) is 16.8 Å². The van der Waals surface area contributed by atoms with Crippen molar-refractivity contribution < 1.29 is 25.6 Å². The van der Waals surface area contributed by atoms with Crippen molar-refractivity contribution in [3.05, 3.63) is 0 Å². The van der Waals surface area contributed by atoms with E-state index in [2.05, 4.69) is 0 Å². The van der Waals surface area contributed by atoms with Gasteiger partial charge < -0.3 is 0 Å². The van der Waals surface area contributed by atoms with Crippen molar-refractivity contribution in [3.8, 4) is 0 Å². The zero-order valence-electron chi connectivity index (χ0n) is 4.53. The SMILES string of the molecule is O=S1(=O)N(I)S(=O)(=O)C1(F)F. The molecule has 0 unspecified atom stereocenters. The molecule has 0 aliphatic carbocycles. The third kappa shape index (κ3) is 0.805. The van der Waals surface area contributed by atoms with Crippen molar-refractivity contribution in [1.29, 1.82) is 0 Å². The fourth-order valence-corrected chi connectivity index (χ4v) is 5.64. The van der Waals surface area contributed by atoms with Crippen LogP contribution in [0, 0.1) is 0 Å². The molecule has 0 aromatic carbocycles. The van der Waals surface area contributed by atoms with E-state index in [0.29, 0.717) is 0 Å². The summed E-state index contributed by atoms with van der Waals surface area (Å²) in [6, 6.07) is 0. The lowest BCUT2D eigenvalue weighted by atomic mass is 11.6. The molecule has 10 heteroatoms. The van der Waals surface area contributed by atoms with Gasteiger partial charge in [-0.3, -0.25) is 0 Å². The van der Waals surface area contributed by atoms with E-state index in [1.54, 1.807) is 0 Å². The Kier molecular flexibility index (Phi) is 1.76. The van der Waals surface area contributed by atoms with Gasteiger partial charge in [-0.1, -0.05) is 0 Å². The third-order valence-electron chi connectivity index (χ3n) is 0.979. The van der Waals surface area contributed by atoms with E-state index >= 15 is 0 Å². The van der Waals surface area contributed by atoms with Crippen LogP contribution in [0.4, 0.5) is 8.78 Å². The summed E-state index contributed by atoms with van der Waals surface area (Å²) in [6.45, 7) is 0. The maximum Gasteiger partial charge on any atom is 0.476 e. The molecule has 1 saturated heterocycles. The predicted molar refractivity (Wildman–Crippen MR) is 38.6 cm³/mol. The van der Waals surface area contributed by atoms with Crippen LogP contribution >= 0.6 is 22.9 Å². The van der Waals surface area contributed by atoms with Gasteiger partial charge in [-0.2, -0.15) is 8.78 Å². The summed E-state index contributed by atoms with van der Waals surface area (Å²) >= 11 is 0.781. The maximum atomic E-state index is 12.1. The molecule has 0 amide bonds. The first-order valence-corrected chi connectivity index (χ1v) is 5.83. The fourth-order valence-electron chi connectivity index (χ4n) is 0.401. The van der Waals surface area contributed by atoms with Crippen molar-refractivity contribution in [1.82, 2.24) is 1.92 Å². The van der Waals surface area contributed by atoms with E-state index in [-0.39, 0.29) is 1.92 Å². The first-order chi connectivity index (χ1) is 4.65. The van der Waals surface area contributed by atoms with Crippen molar-refractivity contribution in [2.24, 2.45) is 0 Å². The smallest absolute Gasteiger partial charge is 0.203 e. The number of nitrogens with zero attached hydrogens (tertiary/aromatic N) is 1. The summed E-state index contributed by atoms with van der Waals surface area (Å²) in [5, 5.41) is 0. The molecule has 1 aliphatic rings. The van der Waals surface area contributed by atoms with Crippen LogP contribution in [0.2, 0.25) is 0 Å². The summed E-state index contributed by atoms with van der Waals surface area (Å²) in [4.78, 5) is 0. The topological polar surface area (TPSA) is 71.5 Å².